The summed E-state index contributed by atoms with van der Waals surface area (Å²) in [6.07, 6.45) is 2.84. The van der Waals surface area contributed by atoms with E-state index in [2.05, 4.69) is 21.0 Å². The zero-order valence-corrected chi connectivity index (χ0v) is 15.6. The van der Waals surface area contributed by atoms with Crippen molar-refractivity contribution in [3.63, 3.8) is 0 Å². The molecule has 27 heavy (non-hydrogen) atoms. The Bertz CT molecular complexity index is 840. The van der Waals surface area contributed by atoms with Gasteiger partial charge in [-0.25, -0.2) is 9.59 Å². The molecule has 9 nitrogen and oxygen atoms in total. The Balaban J connectivity index is 2.01. The zero-order valence-electron chi connectivity index (χ0n) is 15.6. The second-order valence-electron chi connectivity index (χ2n) is 6.82. The average molecular weight is 373 g/mol. The van der Waals surface area contributed by atoms with Gasteiger partial charge < -0.3 is 21.1 Å². The van der Waals surface area contributed by atoms with Crippen LogP contribution >= 0.6 is 0 Å². The summed E-state index contributed by atoms with van der Waals surface area (Å²) >= 11 is 0. The number of urea groups is 1. The number of nitrogens with one attached hydrogen (secondary N) is 3. The maximum atomic E-state index is 12.3. The molecule has 0 aliphatic rings. The molecule has 2 rings (SSSR count). The van der Waals surface area contributed by atoms with E-state index in [0.717, 1.165) is 0 Å². The fourth-order valence-electron chi connectivity index (χ4n) is 2.13. The Hall–Kier alpha value is -3.36. The Morgan fingerprint density at radius 3 is 2.26 bits per heavy atom. The minimum atomic E-state index is -1.23. The van der Waals surface area contributed by atoms with Crippen LogP contribution in [0.3, 0.4) is 0 Å². The summed E-state index contributed by atoms with van der Waals surface area (Å²) in [7, 11) is 0. The molecular weight excluding hydrogens is 350 g/mol. The number of benzene rings is 1. The van der Waals surface area contributed by atoms with Gasteiger partial charge in [-0.3, -0.25) is 9.48 Å². The minimum absolute atomic E-state index is 0.0158. The van der Waals surface area contributed by atoms with Gasteiger partial charge in [0.05, 0.1) is 11.9 Å². The number of hydrogen-bond donors (Lipinski definition) is 4. The van der Waals surface area contributed by atoms with Crippen LogP contribution in [-0.2, 0) is 10.3 Å². The highest BCUT2D eigenvalue weighted by molar-refractivity contribution is 6.04. The van der Waals surface area contributed by atoms with Gasteiger partial charge in [0.1, 0.15) is 0 Å². The molecule has 1 heterocycles. The Morgan fingerprint density at radius 2 is 1.70 bits per heavy atom. The van der Waals surface area contributed by atoms with E-state index in [1.54, 1.807) is 24.3 Å². The van der Waals surface area contributed by atoms with Crippen LogP contribution in [-0.4, -0.2) is 38.8 Å². The zero-order chi connectivity index (χ0) is 20.2. The number of aliphatic carboxylic acids is 1. The van der Waals surface area contributed by atoms with Crippen LogP contribution in [0.4, 0.5) is 16.2 Å². The van der Waals surface area contributed by atoms with E-state index in [0.29, 0.717) is 16.9 Å². The lowest BCUT2D eigenvalue weighted by atomic mass is 10.1. The van der Waals surface area contributed by atoms with Gasteiger partial charge in [-0.05, 0) is 52.0 Å². The van der Waals surface area contributed by atoms with Gasteiger partial charge in [-0.15, -0.1) is 0 Å². The van der Waals surface area contributed by atoms with E-state index < -0.39 is 11.5 Å². The van der Waals surface area contributed by atoms with E-state index in [4.69, 9.17) is 0 Å². The number of amides is 3. The van der Waals surface area contributed by atoms with Crippen LogP contribution in [0, 0.1) is 0 Å². The monoisotopic (exact) mass is 373 g/mol. The van der Waals surface area contributed by atoms with Crippen LogP contribution in [0.2, 0.25) is 0 Å². The largest absolute Gasteiger partial charge is 0.479 e. The van der Waals surface area contributed by atoms with E-state index in [1.807, 2.05) is 13.8 Å². The molecule has 3 amide bonds. The van der Waals surface area contributed by atoms with Crippen molar-refractivity contribution in [1.29, 1.82) is 0 Å². The summed E-state index contributed by atoms with van der Waals surface area (Å²) in [5, 5.41) is 21.2. The summed E-state index contributed by atoms with van der Waals surface area (Å²) in [5.74, 6) is -1.41. The Morgan fingerprint density at radius 1 is 1.07 bits per heavy atom. The van der Waals surface area contributed by atoms with Crippen molar-refractivity contribution < 1.29 is 19.5 Å². The topological polar surface area (TPSA) is 125 Å². The number of carbonyl (C=O) groups excluding carboxylic acids is 2. The molecule has 0 unspecified atom stereocenters. The normalized spacial score (nSPS) is 11.1. The minimum Gasteiger partial charge on any atom is -0.479 e. The highest BCUT2D eigenvalue weighted by Crippen LogP contribution is 2.18. The lowest BCUT2D eigenvalue weighted by molar-refractivity contribution is -0.146. The Labute approximate surface area is 156 Å². The fraction of sp³-hybridized carbons (Fsp3) is 0.333. The first-order chi connectivity index (χ1) is 12.6. The summed E-state index contributed by atoms with van der Waals surface area (Å²) < 4.78 is 1.27. The van der Waals surface area contributed by atoms with Gasteiger partial charge in [-0.2, -0.15) is 5.10 Å². The number of hydrogen-bond acceptors (Lipinski definition) is 4. The molecule has 0 fully saturated rings. The standard InChI is InChI=1S/C18H23N5O4/c1-11(2)20-17(27)22-13-7-5-12(6-8-13)15(24)21-14-9-19-23(10-14)18(3,4)16(25)26/h5-11H,1-4H3,(H,21,24)(H,25,26)(H2,20,22,27). The molecule has 0 saturated carbocycles. The van der Waals surface area contributed by atoms with Crippen molar-refractivity contribution in [2.75, 3.05) is 10.6 Å². The van der Waals surface area contributed by atoms with Crippen LogP contribution in [0.25, 0.3) is 0 Å². The molecule has 1 aromatic heterocycles. The van der Waals surface area contributed by atoms with Crippen molar-refractivity contribution in [3.05, 3.63) is 42.2 Å². The van der Waals surface area contributed by atoms with Gasteiger partial charge in [0.15, 0.2) is 5.54 Å². The number of carboxylic acid groups (broad SMARTS) is 1. The maximum Gasteiger partial charge on any atom is 0.331 e. The molecule has 0 radical (unpaired) electrons. The average Bonchev–Trinajstić information content (AvgIpc) is 3.03. The van der Waals surface area contributed by atoms with Crippen LogP contribution in [0.5, 0.6) is 0 Å². The number of carboxylic acids is 1. The molecule has 0 atom stereocenters. The first kappa shape index (κ1) is 20.0. The fourth-order valence-corrected chi connectivity index (χ4v) is 2.13. The van der Waals surface area contributed by atoms with E-state index in [9.17, 15) is 19.5 Å². The number of rotatable bonds is 6. The van der Waals surface area contributed by atoms with Crippen molar-refractivity contribution >= 4 is 29.3 Å². The van der Waals surface area contributed by atoms with Crippen molar-refractivity contribution in [3.8, 4) is 0 Å². The summed E-state index contributed by atoms with van der Waals surface area (Å²) in [6, 6.07) is 6.08. The molecule has 4 N–H and O–H groups in total. The number of anilines is 2. The smallest absolute Gasteiger partial charge is 0.331 e. The first-order valence-corrected chi connectivity index (χ1v) is 8.37. The maximum absolute atomic E-state index is 12.3. The van der Waals surface area contributed by atoms with Crippen LogP contribution < -0.4 is 16.0 Å². The second kappa shape index (κ2) is 7.90. The van der Waals surface area contributed by atoms with E-state index in [-0.39, 0.29) is 18.0 Å². The number of nitrogens with zero attached hydrogens (tertiary/aromatic N) is 2. The lowest BCUT2D eigenvalue weighted by Gasteiger charge is -2.19. The van der Waals surface area contributed by atoms with Gasteiger partial charge in [0, 0.05) is 23.5 Å². The third-order valence-electron chi connectivity index (χ3n) is 3.76. The van der Waals surface area contributed by atoms with Crippen molar-refractivity contribution in [1.82, 2.24) is 15.1 Å². The van der Waals surface area contributed by atoms with Gasteiger partial charge in [0.25, 0.3) is 5.91 Å². The predicted molar refractivity (Wildman–Crippen MR) is 101 cm³/mol. The highest BCUT2D eigenvalue weighted by atomic mass is 16.4. The molecular formula is C18H23N5O4. The summed E-state index contributed by atoms with van der Waals surface area (Å²) in [6.45, 7) is 6.73. The summed E-state index contributed by atoms with van der Waals surface area (Å²) in [4.78, 5) is 35.2. The van der Waals surface area contributed by atoms with Crippen molar-refractivity contribution in [2.45, 2.75) is 39.3 Å². The third kappa shape index (κ3) is 5.06. The number of aromatic nitrogens is 2. The molecule has 0 bridgehead atoms. The van der Waals surface area contributed by atoms with Gasteiger partial charge in [0.2, 0.25) is 0 Å². The molecule has 9 heteroatoms. The molecule has 0 aliphatic heterocycles. The molecule has 1 aromatic carbocycles. The van der Waals surface area contributed by atoms with Crippen LogP contribution in [0.1, 0.15) is 38.1 Å². The molecule has 0 aliphatic carbocycles. The summed E-state index contributed by atoms with van der Waals surface area (Å²) in [5.41, 5.74) is 0.0935. The Kier molecular flexibility index (Phi) is 5.84. The molecule has 0 spiro atoms. The first-order valence-electron chi connectivity index (χ1n) is 8.37. The third-order valence-corrected chi connectivity index (χ3v) is 3.76. The predicted octanol–water partition coefficient (Wildman–Crippen LogP) is 2.49. The highest BCUT2D eigenvalue weighted by Gasteiger charge is 2.30. The van der Waals surface area contributed by atoms with Crippen LogP contribution in [0.15, 0.2) is 36.7 Å². The quantitative estimate of drug-likeness (QED) is 0.619. The van der Waals surface area contributed by atoms with E-state index >= 15 is 0 Å². The van der Waals surface area contributed by atoms with E-state index in [1.165, 1.54) is 30.9 Å². The number of carbonyl (C=O) groups is 3. The van der Waals surface area contributed by atoms with Gasteiger partial charge >= 0.3 is 12.0 Å². The molecule has 144 valence electrons. The molecule has 0 saturated heterocycles. The second-order valence-corrected chi connectivity index (χ2v) is 6.82. The van der Waals surface area contributed by atoms with Gasteiger partial charge in [-0.1, -0.05) is 0 Å². The molecule has 2 aromatic rings. The SMILES string of the molecule is CC(C)NC(=O)Nc1ccc(C(=O)Nc2cnn(C(C)(C)C(=O)O)c2)cc1. The van der Waals surface area contributed by atoms with Crippen molar-refractivity contribution in [2.24, 2.45) is 0 Å². The lowest BCUT2D eigenvalue weighted by Crippen LogP contribution is -2.35.